The molecule has 0 aliphatic rings. The Labute approximate surface area is 83.2 Å². The molecule has 0 bridgehead atoms. The third-order valence-corrected chi connectivity index (χ3v) is 1.62. The summed E-state index contributed by atoms with van der Waals surface area (Å²) in [5.74, 6) is 0.273. The second kappa shape index (κ2) is 4.46. The second-order valence-corrected chi connectivity index (χ2v) is 3.13. The Balaban J connectivity index is 2.64. The lowest BCUT2D eigenvalue weighted by Gasteiger charge is -2.05. The second-order valence-electron chi connectivity index (χ2n) is 3.13. The van der Waals surface area contributed by atoms with E-state index in [2.05, 4.69) is 6.58 Å². The van der Waals surface area contributed by atoms with Gasteiger partial charge < -0.3 is 10.5 Å². The van der Waals surface area contributed by atoms with Gasteiger partial charge in [0.25, 0.3) is 0 Å². The molecule has 0 saturated heterocycles. The standard InChI is InChI=1S/C11H13NO2/c1-8(2)7-14-10-5-3-9(4-6-10)11(12)13/h3-6H,1,7H2,2H3,(H2,12,13). The van der Waals surface area contributed by atoms with E-state index in [0.717, 1.165) is 5.57 Å². The van der Waals surface area contributed by atoms with Crippen molar-refractivity contribution in [3.8, 4) is 5.75 Å². The summed E-state index contributed by atoms with van der Waals surface area (Å²) in [7, 11) is 0. The van der Waals surface area contributed by atoms with Crippen molar-refractivity contribution in [1.29, 1.82) is 0 Å². The van der Waals surface area contributed by atoms with Crippen molar-refractivity contribution in [3.05, 3.63) is 42.0 Å². The number of carbonyl (C=O) groups is 1. The van der Waals surface area contributed by atoms with Crippen molar-refractivity contribution in [1.82, 2.24) is 0 Å². The Morgan fingerprint density at radius 2 is 2.00 bits per heavy atom. The zero-order valence-corrected chi connectivity index (χ0v) is 8.12. The molecule has 1 aromatic carbocycles. The SMILES string of the molecule is C=C(C)COc1ccc(C(N)=O)cc1. The molecular formula is C11H13NO2. The Morgan fingerprint density at radius 1 is 1.43 bits per heavy atom. The van der Waals surface area contributed by atoms with E-state index >= 15 is 0 Å². The van der Waals surface area contributed by atoms with Crippen LogP contribution in [-0.4, -0.2) is 12.5 Å². The van der Waals surface area contributed by atoms with Gasteiger partial charge in [0.1, 0.15) is 12.4 Å². The minimum atomic E-state index is -0.434. The fraction of sp³-hybridized carbons (Fsp3) is 0.182. The highest BCUT2D eigenvalue weighted by molar-refractivity contribution is 5.92. The van der Waals surface area contributed by atoms with Gasteiger partial charge >= 0.3 is 0 Å². The fourth-order valence-electron chi connectivity index (χ4n) is 0.922. The molecule has 0 heterocycles. The van der Waals surface area contributed by atoms with Crippen LogP contribution in [0.4, 0.5) is 0 Å². The molecule has 0 saturated carbocycles. The highest BCUT2D eigenvalue weighted by Gasteiger charge is 1.99. The lowest BCUT2D eigenvalue weighted by atomic mass is 10.2. The number of nitrogens with two attached hydrogens (primary N) is 1. The molecule has 1 aromatic rings. The maximum absolute atomic E-state index is 10.7. The number of hydrogen-bond acceptors (Lipinski definition) is 2. The van der Waals surface area contributed by atoms with Crippen LogP contribution in [0, 0.1) is 0 Å². The third kappa shape index (κ3) is 2.94. The lowest BCUT2D eigenvalue weighted by molar-refractivity contribution is 0.100. The summed E-state index contributed by atoms with van der Waals surface area (Å²) >= 11 is 0. The van der Waals surface area contributed by atoms with Crippen molar-refractivity contribution >= 4 is 5.91 Å². The smallest absolute Gasteiger partial charge is 0.248 e. The summed E-state index contributed by atoms with van der Waals surface area (Å²) in [4.78, 5) is 10.7. The molecule has 2 N–H and O–H groups in total. The number of ether oxygens (including phenoxy) is 1. The first-order chi connectivity index (χ1) is 6.59. The van der Waals surface area contributed by atoms with Crippen LogP contribution in [0.1, 0.15) is 17.3 Å². The fourth-order valence-corrected chi connectivity index (χ4v) is 0.922. The summed E-state index contributed by atoms with van der Waals surface area (Å²) in [6.45, 7) is 6.09. The predicted octanol–water partition coefficient (Wildman–Crippen LogP) is 1.74. The summed E-state index contributed by atoms with van der Waals surface area (Å²) in [5, 5.41) is 0. The zero-order chi connectivity index (χ0) is 10.6. The molecule has 0 atom stereocenters. The highest BCUT2D eigenvalue weighted by atomic mass is 16.5. The van der Waals surface area contributed by atoms with Crippen LogP contribution in [0.25, 0.3) is 0 Å². The topological polar surface area (TPSA) is 52.3 Å². The first kappa shape index (κ1) is 10.3. The summed E-state index contributed by atoms with van der Waals surface area (Å²) in [6, 6.07) is 6.69. The molecule has 0 radical (unpaired) electrons. The van der Waals surface area contributed by atoms with E-state index in [1.54, 1.807) is 24.3 Å². The number of rotatable bonds is 4. The van der Waals surface area contributed by atoms with Gasteiger partial charge in [0, 0.05) is 5.56 Å². The molecule has 0 unspecified atom stereocenters. The van der Waals surface area contributed by atoms with Gasteiger partial charge in [0.15, 0.2) is 0 Å². The minimum Gasteiger partial charge on any atom is -0.489 e. The zero-order valence-electron chi connectivity index (χ0n) is 8.12. The van der Waals surface area contributed by atoms with E-state index in [4.69, 9.17) is 10.5 Å². The molecule has 0 aliphatic carbocycles. The van der Waals surface area contributed by atoms with Crippen LogP contribution < -0.4 is 10.5 Å². The molecule has 74 valence electrons. The van der Waals surface area contributed by atoms with Gasteiger partial charge in [0.05, 0.1) is 0 Å². The number of primary amides is 1. The van der Waals surface area contributed by atoms with Crippen molar-refractivity contribution in [2.75, 3.05) is 6.61 Å². The minimum absolute atomic E-state index is 0.434. The molecule has 1 rings (SSSR count). The average molecular weight is 191 g/mol. The summed E-state index contributed by atoms with van der Waals surface area (Å²) in [5.41, 5.74) is 6.52. The Morgan fingerprint density at radius 3 is 2.43 bits per heavy atom. The molecule has 3 nitrogen and oxygen atoms in total. The van der Waals surface area contributed by atoms with Crippen LogP contribution in [0.3, 0.4) is 0 Å². The van der Waals surface area contributed by atoms with Crippen molar-refractivity contribution in [3.63, 3.8) is 0 Å². The first-order valence-electron chi connectivity index (χ1n) is 4.26. The molecule has 1 amide bonds. The molecule has 0 aliphatic heterocycles. The van der Waals surface area contributed by atoms with Crippen LogP contribution in [0.2, 0.25) is 0 Å². The van der Waals surface area contributed by atoms with Crippen LogP contribution in [0.15, 0.2) is 36.4 Å². The Bertz CT molecular complexity index is 341. The first-order valence-corrected chi connectivity index (χ1v) is 4.26. The van der Waals surface area contributed by atoms with Gasteiger partial charge in [-0.05, 0) is 36.8 Å². The molecular weight excluding hydrogens is 178 g/mol. The monoisotopic (exact) mass is 191 g/mol. The Kier molecular flexibility index (Phi) is 3.29. The van der Waals surface area contributed by atoms with Gasteiger partial charge in [-0.2, -0.15) is 0 Å². The van der Waals surface area contributed by atoms with Gasteiger partial charge in [0.2, 0.25) is 5.91 Å². The van der Waals surface area contributed by atoms with E-state index in [1.807, 2.05) is 6.92 Å². The number of hydrogen-bond donors (Lipinski definition) is 1. The maximum atomic E-state index is 10.7. The number of benzene rings is 1. The maximum Gasteiger partial charge on any atom is 0.248 e. The summed E-state index contributed by atoms with van der Waals surface area (Å²) < 4.78 is 5.35. The van der Waals surface area contributed by atoms with Crippen LogP contribution in [0.5, 0.6) is 5.75 Å². The van der Waals surface area contributed by atoms with Gasteiger partial charge in [-0.15, -0.1) is 0 Å². The van der Waals surface area contributed by atoms with E-state index in [1.165, 1.54) is 0 Å². The normalized spacial score (nSPS) is 9.50. The van der Waals surface area contributed by atoms with E-state index in [9.17, 15) is 4.79 Å². The van der Waals surface area contributed by atoms with Gasteiger partial charge in [-0.3, -0.25) is 4.79 Å². The molecule has 0 aromatic heterocycles. The van der Waals surface area contributed by atoms with Crippen molar-refractivity contribution in [2.24, 2.45) is 5.73 Å². The van der Waals surface area contributed by atoms with Crippen LogP contribution in [-0.2, 0) is 0 Å². The number of carbonyl (C=O) groups excluding carboxylic acids is 1. The van der Waals surface area contributed by atoms with E-state index in [0.29, 0.717) is 17.9 Å². The van der Waals surface area contributed by atoms with Gasteiger partial charge in [-0.1, -0.05) is 6.58 Å². The van der Waals surface area contributed by atoms with Crippen molar-refractivity contribution < 1.29 is 9.53 Å². The number of amides is 1. The Hall–Kier alpha value is -1.77. The molecule has 0 spiro atoms. The van der Waals surface area contributed by atoms with E-state index < -0.39 is 5.91 Å². The van der Waals surface area contributed by atoms with Gasteiger partial charge in [-0.25, -0.2) is 0 Å². The summed E-state index contributed by atoms with van der Waals surface area (Å²) in [6.07, 6.45) is 0. The third-order valence-electron chi connectivity index (χ3n) is 1.62. The van der Waals surface area contributed by atoms with Crippen molar-refractivity contribution in [2.45, 2.75) is 6.92 Å². The lowest BCUT2D eigenvalue weighted by Crippen LogP contribution is -2.10. The molecule has 14 heavy (non-hydrogen) atoms. The molecule has 0 fully saturated rings. The predicted molar refractivity (Wildman–Crippen MR) is 55.3 cm³/mol. The average Bonchev–Trinajstić information content (AvgIpc) is 2.15. The van der Waals surface area contributed by atoms with E-state index in [-0.39, 0.29) is 0 Å². The highest BCUT2D eigenvalue weighted by Crippen LogP contribution is 2.12. The largest absolute Gasteiger partial charge is 0.489 e. The van der Waals surface area contributed by atoms with Crippen LogP contribution >= 0.6 is 0 Å². The quantitative estimate of drug-likeness (QED) is 0.737. The molecule has 3 heteroatoms.